The molecule has 1 N–H and O–H groups in total. The first-order valence-corrected chi connectivity index (χ1v) is 8.33. The molecule has 0 spiro atoms. The Balaban J connectivity index is 2.18. The standard InChI is InChI=1S/C18H25NS/c1-5-16-9-10-18(20-16)17(19-6-2)12-15-8-7-13(3)14(4)11-15/h7-11,17,19H,5-6,12H2,1-4H3. The molecule has 0 saturated heterocycles. The number of hydrogen-bond acceptors (Lipinski definition) is 2. The molecule has 0 aliphatic carbocycles. The van der Waals surface area contributed by atoms with Crippen molar-refractivity contribution in [2.75, 3.05) is 6.54 Å². The minimum absolute atomic E-state index is 0.437. The molecule has 0 aliphatic heterocycles. The summed E-state index contributed by atoms with van der Waals surface area (Å²) in [4.78, 5) is 2.94. The maximum absolute atomic E-state index is 3.63. The fourth-order valence-corrected chi connectivity index (χ4v) is 3.49. The summed E-state index contributed by atoms with van der Waals surface area (Å²) < 4.78 is 0. The zero-order valence-electron chi connectivity index (χ0n) is 13.0. The van der Waals surface area contributed by atoms with Gasteiger partial charge in [0, 0.05) is 15.8 Å². The molecular formula is C18H25NS. The number of thiophene rings is 1. The smallest absolute Gasteiger partial charge is 0.0455 e. The topological polar surface area (TPSA) is 12.0 Å². The van der Waals surface area contributed by atoms with Crippen LogP contribution in [0, 0.1) is 13.8 Å². The van der Waals surface area contributed by atoms with Gasteiger partial charge in [-0.05, 0) is 62.1 Å². The van der Waals surface area contributed by atoms with Gasteiger partial charge in [0.2, 0.25) is 0 Å². The Morgan fingerprint density at radius 2 is 1.85 bits per heavy atom. The quantitative estimate of drug-likeness (QED) is 0.803. The summed E-state index contributed by atoms with van der Waals surface area (Å²) in [5.41, 5.74) is 4.18. The van der Waals surface area contributed by atoms with E-state index in [1.165, 1.54) is 26.4 Å². The van der Waals surface area contributed by atoms with Gasteiger partial charge in [-0.3, -0.25) is 0 Å². The average molecular weight is 287 g/mol. The number of hydrogen-bond donors (Lipinski definition) is 1. The van der Waals surface area contributed by atoms with E-state index in [2.05, 4.69) is 63.3 Å². The molecule has 0 radical (unpaired) electrons. The largest absolute Gasteiger partial charge is 0.309 e. The van der Waals surface area contributed by atoms with E-state index in [1.807, 2.05) is 11.3 Å². The molecule has 108 valence electrons. The lowest BCUT2D eigenvalue weighted by Crippen LogP contribution is -2.22. The third-order valence-corrected chi connectivity index (χ3v) is 5.18. The maximum Gasteiger partial charge on any atom is 0.0455 e. The van der Waals surface area contributed by atoms with Crippen LogP contribution in [0.25, 0.3) is 0 Å². The van der Waals surface area contributed by atoms with Crippen LogP contribution in [0.2, 0.25) is 0 Å². The normalized spacial score (nSPS) is 12.6. The summed E-state index contributed by atoms with van der Waals surface area (Å²) in [6, 6.07) is 11.8. The molecular weight excluding hydrogens is 262 g/mol. The fourth-order valence-electron chi connectivity index (χ4n) is 2.46. The van der Waals surface area contributed by atoms with Gasteiger partial charge in [-0.15, -0.1) is 11.3 Å². The van der Waals surface area contributed by atoms with E-state index < -0.39 is 0 Å². The number of rotatable bonds is 6. The molecule has 2 aromatic rings. The Bertz CT molecular complexity index is 556. The van der Waals surface area contributed by atoms with Crippen molar-refractivity contribution >= 4 is 11.3 Å². The Morgan fingerprint density at radius 1 is 1.05 bits per heavy atom. The predicted molar refractivity (Wildman–Crippen MR) is 89.7 cm³/mol. The summed E-state index contributed by atoms with van der Waals surface area (Å²) in [5, 5.41) is 3.63. The minimum Gasteiger partial charge on any atom is -0.309 e. The monoisotopic (exact) mass is 287 g/mol. The highest BCUT2D eigenvalue weighted by Gasteiger charge is 2.13. The van der Waals surface area contributed by atoms with Crippen LogP contribution in [0.5, 0.6) is 0 Å². The zero-order chi connectivity index (χ0) is 14.5. The third-order valence-electron chi connectivity index (χ3n) is 3.84. The van der Waals surface area contributed by atoms with Gasteiger partial charge in [-0.2, -0.15) is 0 Å². The van der Waals surface area contributed by atoms with Gasteiger partial charge < -0.3 is 5.32 Å². The molecule has 1 heterocycles. The van der Waals surface area contributed by atoms with Crippen LogP contribution in [0.4, 0.5) is 0 Å². The number of nitrogens with one attached hydrogen (secondary N) is 1. The van der Waals surface area contributed by atoms with E-state index in [1.54, 1.807) is 0 Å². The molecule has 0 fully saturated rings. The van der Waals surface area contributed by atoms with Crippen molar-refractivity contribution in [3.63, 3.8) is 0 Å². The van der Waals surface area contributed by atoms with Crippen LogP contribution >= 0.6 is 11.3 Å². The molecule has 0 saturated carbocycles. The molecule has 1 aromatic carbocycles. The van der Waals surface area contributed by atoms with Crippen LogP contribution in [0.1, 0.15) is 46.3 Å². The highest BCUT2D eigenvalue weighted by molar-refractivity contribution is 7.12. The van der Waals surface area contributed by atoms with Crippen LogP contribution < -0.4 is 5.32 Å². The highest BCUT2D eigenvalue weighted by Crippen LogP contribution is 2.27. The number of benzene rings is 1. The van der Waals surface area contributed by atoms with Crippen molar-refractivity contribution in [2.24, 2.45) is 0 Å². The van der Waals surface area contributed by atoms with Crippen molar-refractivity contribution in [1.29, 1.82) is 0 Å². The summed E-state index contributed by atoms with van der Waals surface area (Å²) in [7, 11) is 0. The molecule has 20 heavy (non-hydrogen) atoms. The van der Waals surface area contributed by atoms with Gasteiger partial charge in [0.25, 0.3) is 0 Å². The Labute approximate surface area is 127 Å². The number of aryl methyl sites for hydroxylation is 3. The van der Waals surface area contributed by atoms with E-state index in [0.717, 1.165) is 19.4 Å². The molecule has 0 amide bonds. The molecule has 0 bridgehead atoms. The van der Waals surface area contributed by atoms with Crippen molar-refractivity contribution in [3.8, 4) is 0 Å². The van der Waals surface area contributed by atoms with Crippen molar-refractivity contribution in [3.05, 3.63) is 56.8 Å². The lowest BCUT2D eigenvalue weighted by atomic mass is 10.00. The second-order valence-corrected chi connectivity index (χ2v) is 6.59. The van der Waals surface area contributed by atoms with E-state index in [9.17, 15) is 0 Å². The lowest BCUT2D eigenvalue weighted by Gasteiger charge is -2.17. The SMILES string of the molecule is CCNC(Cc1ccc(C)c(C)c1)c1ccc(CC)s1. The van der Waals surface area contributed by atoms with Crippen molar-refractivity contribution in [1.82, 2.24) is 5.32 Å². The van der Waals surface area contributed by atoms with E-state index in [4.69, 9.17) is 0 Å². The summed E-state index contributed by atoms with van der Waals surface area (Å²) in [6.45, 7) is 9.78. The second kappa shape index (κ2) is 7.05. The van der Waals surface area contributed by atoms with Gasteiger partial charge in [0.05, 0.1) is 0 Å². The molecule has 1 aromatic heterocycles. The molecule has 2 heteroatoms. The van der Waals surface area contributed by atoms with Crippen LogP contribution in [-0.2, 0) is 12.8 Å². The average Bonchev–Trinajstić information content (AvgIpc) is 2.91. The highest BCUT2D eigenvalue weighted by atomic mass is 32.1. The van der Waals surface area contributed by atoms with Crippen LogP contribution in [0.15, 0.2) is 30.3 Å². The van der Waals surface area contributed by atoms with E-state index in [0.29, 0.717) is 6.04 Å². The maximum atomic E-state index is 3.63. The van der Waals surface area contributed by atoms with Crippen LogP contribution in [-0.4, -0.2) is 6.54 Å². The Hall–Kier alpha value is -1.12. The van der Waals surface area contributed by atoms with E-state index in [-0.39, 0.29) is 0 Å². The summed E-state index contributed by atoms with van der Waals surface area (Å²) in [6.07, 6.45) is 2.20. The third kappa shape index (κ3) is 3.71. The molecule has 1 atom stereocenters. The first-order valence-electron chi connectivity index (χ1n) is 7.52. The summed E-state index contributed by atoms with van der Waals surface area (Å²) in [5.74, 6) is 0. The predicted octanol–water partition coefficient (Wildman–Crippen LogP) is 4.82. The van der Waals surface area contributed by atoms with E-state index >= 15 is 0 Å². The molecule has 2 rings (SSSR count). The first kappa shape index (κ1) is 15.3. The fraction of sp³-hybridized carbons (Fsp3) is 0.444. The first-order chi connectivity index (χ1) is 9.63. The van der Waals surface area contributed by atoms with Crippen molar-refractivity contribution in [2.45, 2.75) is 46.6 Å². The Kier molecular flexibility index (Phi) is 5.38. The van der Waals surface area contributed by atoms with Gasteiger partial charge >= 0.3 is 0 Å². The minimum atomic E-state index is 0.437. The molecule has 0 aliphatic rings. The summed E-state index contributed by atoms with van der Waals surface area (Å²) >= 11 is 1.95. The van der Waals surface area contributed by atoms with Crippen molar-refractivity contribution < 1.29 is 0 Å². The van der Waals surface area contributed by atoms with Gasteiger partial charge in [0.1, 0.15) is 0 Å². The van der Waals surface area contributed by atoms with Gasteiger partial charge in [-0.25, -0.2) is 0 Å². The van der Waals surface area contributed by atoms with Gasteiger partial charge in [-0.1, -0.05) is 32.0 Å². The number of likely N-dealkylation sites (N-methyl/N-ethyl adjacent to an activating group) is 1. The van der Waals surface area contributed by atoms with Crippen LogP contribution in [0.3, 0.4) is 0 Å². The lowest BCUT2D eigenvalue weighted by molar-refractivity contribution is 0.558. The van der Waals surface area contributed by atoms with Gasteiger partial charge in [0.15, 0.2) is 0 Å². The molecule has 1 unspecified atom stereocenters. The molecule has 1 nitrogen and oxygen atoms in total. The second-order valence-electron chi connectivity index (χ2n) is 5.39. The Morgan fingerprint density at radius 3 is 2.45 bits per heavy atom. The zero-order valence-corrected chi connectivity index (χ0v) is 13.8.